The summed E-state index contributed by atoms with van der Waals surface area (Å²) in [6.45, 7) is 8.36. The van der Waals surface area contributed by atoms with Gasteiger partial charge in [0.05, 0.1) is 12.1 Å². The minimum absolute atomic E-state index is 0.135. The van der Waals surface area contributed by atoms with Crippen LogP contribution in [0.3, 0.4) is 0 Å². The quantitative estimate of drug-likeness (QED) is 0.642. The van der Waals surface area contributed by atoms with E-state index in [1.54, 1.807) is 10.8 Å². The predicted molar refractivity (Wildman–Crippen MR) is 120 cm³/mol. The molecule has 1 aromatic carbocycles. The number of hydrogen-bond acceptors (Lipinski definition) is 4. The number of carbonyl (C=O) groups is 1. The van der Waals surface area contributed by atoms with Crippen LogP contribution in [-0.2, 0) is 16.6 Å². The molecule has 3 heterocycles. The number of carbonyl (C=O) groups excluding carboxylic acids is 1. The van der Waals surface area contributed by atoms with Crippen molar-refractivity contribution in [2.45, 2.75) is 64.2 Å². The van der Waals surface area contributed by atoms with Crippen molar-refractivity contribution in [3.8, 4) is 0 Å². The van der Waals surface area contributed by atoms with Crippen molar-refractivity contribution in [3.63, 3.8) is 0 Å². The van der Waals surface area contributed by atoms with Crippen LogP contribution >= 0.6 is 0 Å². The van der Waals surface area contributed by atoms with E-state index in [-0.39, 0.29) is 11.3 Å². The minimum Gasteiger partial charge on any atom is -0.342 e. The van der Waals surface area contributed by atoms with Crippen LogP contribution in [0, 0.1) is 5.41 Å². The lowest BCUT2D eigenvalue weighted by atomic mass is 9.86. The zero-order valence-electron chi connectivity index (χ0n) is 18.7. The molecule has 1 aliphatic heterocycles. The third kappa shape index (κ3) is 3.95. The molecule has 6 heteroatoms. The van der Waals surface area contributed by atoms with Gasteiger partial charge in [0.15, 0.2) is 5.65 Å². The van der Waals surface area contributed by atoms with Crippen molar-refractivity contribution < 1.29 is 4.79 Å². The van der Waals surface area contributed by atoms with Crippen LogP contribution < -0.4 is 0 Å². The molecule has 2 aliphatic rings. The normalized spacial score (nSPS) is 23.8. The fourth-order valence-electron chi connectivity index (χ4n) is 5.12. The van der Waals surface area contributed by atoms with Crippen molar-refractivity contribution in [2.75, 3.05) is 13.1 Å². The molecule has 5 rings (SSSR count). The highest BCUT2D eigenvalue weighted by atomic mass is 16.2. The van der Waals surface area contributed by atoms with E-state index < -0.39 is 0 Å². The van der Waals surface area contributed by atoms with Crippen LogP contribution in [0.5, 0.6) is 0 Å². The van der Waals surface area contributed by atoms with Crippen molar-refractivity contribution in [1.82, 2.24) is 24.7 Å². The number of likely N-dealkylation sites (tertiary alicyclic amines) is 1. The maximum Gasteiger partial charge on any atom is 0.226 e. The number of benzene rings is 1. The van der Waals surface area contributed by atoms with E-state index in [2.05, 4.69) is 66.2 Å². The molecular formula is C25H31N5O. The van der Waals surface area contributed by atoms with E-state index in [0.717, 1.165) is 42.8 Å². The molecule has 0 radical (unpaired) electrons. The van der Waals surface area contributed by atoms with Crippen molar-refractivity contribution in [3.05, 3.63) is 59.5 Å². The van der Waals surface area contributed by atoms with Crippen molar-refractivity contribution in [1.29, 1.82) is 0 Å². The van der Waals surface area contributed by atoms with E-state index >= 15 is 0 Å². The molecule has 2 fully saturated rings. The molecule has 2 atom stereocenters. The summed E-state index contributed by atoms with van der Waals surface area (Å²) in [6.07, 6.45) is 6.63. The molecule has 1 saturated heterocycles. The van der Waals surface area contributed by atoms with Gasteiger partial charge in [0.25, 0.3) is 0 Å². The van der Waals surface area contributed by atoms with Gasteiger partial charge in [-0.3, -0.25) is 4.79 Å². The van der Waals surface area contributed by atoms with Crippen LogP contribution in [0.15, 0.2) is 42.7 Å². The average Bonchev–Trinajstić information content (AvgIpc) is 3.33. The summed E-state index contributed by atoms with van der Waals surface area (Å²) in [6, 6.07) is 12.6. The van der Waals surface area contributed by atoms with Gasteiger partial charge < -0.3 is 4.90 Å². The van der Waals surface area contributed by atoms with Crippen LogP contribution in [0.4, 0.5) is 0 Å². The molecular weight excluding hydrogens is 386 g/mol. The molecule has 1 amide bonds. The van der Waals surface area contributed by atoms with Crippen LogP contribution in [0.2, 0.25) is 0 Å². The summed E-state index contributed by atoms with van der Waals surface area (Å²) >= 11 is 0. The number of aromatic nitrogens is 4. The van der Waals surface area contributed by atoms with Gasteiger partial charge in [0.1, 0.15) is 6.33 Å². The van der Waals surface area contributed by atoms with Gasteiger partial charge >= 0.3 is 0 Å². The summed E-state index contributed by atoms with van der Waals surface area (Å²) in [4.78, 5) is 15.1. The first-order valence-electron chi connectivity index (χ1n) is 11.4. The molecule has 0 bridgehead atoms. The monoisotopic (exact) mass is 417 g/mol. The van der Waals surface area contributed by atoms with Gasteiger partial charge in [0, 0.05) is 19.0 Å². The number of nitrogens with zero attached hydrogens (tertiary/aromatic N) is 5. The van der Waals surface area contributed by atoms with E-state index in [1.807, 2.05) is 6.07 Å². The Morgan fingerprint density at radius 1 is 1.10 bits per heavy atom. The maximum absolute atomic E-state index is 13.0. The zero-order valence-corrected chi connectivity index (χ0v) is 18.7. The molecule has 1 aliphatic carbocycles. The summed E-state index contributed by atoms with van der Waals surface area (Å²) in [5.41, 5.74) is 4.76. The van der Waals surface area contributed by atoms with Crippen LogP contribution in [0.1, 0.15) is 69.2 Å². The Hall–Kier alpha value is -2.76. The van der Waals surface area contributed by atoms with Gasteiger partial charge in [-0.05, 0) is 59.8 Å². The van der Waals surface area contributed by atoms with E-state index in [1.165, 1.54) is 18.4 Å². The number of amides is 1. The van der Waals surface area contributed by atoms with Gasteiger partial charge in [-0.25, -0.2) is 4.52 Å². The topological polar surface area (TPSA) is 63.4 Å². The van der Waals surface area contributed by atoms with Gasteiger partial charge in [0.2, 0.25) is 5.91 Å². The Kier molecular flexibility index (Phi) is 4.83. The molecule has 1 saturated carbocycles. The van der Waals surface area contributed by atoms with Crippen LogP contribution in [-0.4, -0.2) is 43.7 Å². The summed E-state index contributed by atoms with van der Waals surface area (Å²) in [7, 11) is 0. The number of hydrogen-bond donors (Lipinski definition) is 0. The first-order chi connectivity index (χ1) is 14.8. The molecule has 2 unspecified atom stereocenters. The Balaban J connectivity index is 1.21. The lowest BCUT2D eigenvalue weighted by molar-refractivity contribution is -0.130. The average molecular weight is 418 g/mol. The van der Waals surface area contributed by atoms with E-state index in [9.17, 15) is 4.79 Å². The molecule has 0 N–H and O–H groups in total. The first-order valence-corrected chi connectivity index (χ1v) is 11.4. The van der Waals surface area contributed by atoms with Gasteiger partial charge in [-0.1, -0.05) is 45.0 Å². The highest BCUT2D eigenvalue weighted by Crippen LogP contribution is 2.64. The largest absolute Gasteiger partial charge is 0.342 e. The SMILES string of the molecule is CC(C)(C)c1ccc(CC(=O)N2CCCC3(CC2)CC3c2ccc3nncn3n2)cc1. The van der Waals surface area contributed by atoms with Gasteiger partial charge in [-0.2, -0.15) is 5.10 Å². The zero-order chi connectivity index (χ0) is 21.6. The summed E-state index contributed by atoms with van der Waals surface area (Å²) < 4.78 is 1.76. The lowest BCUT2D eigenvalue weighted by Gasteiger charge is -2.22. The fraction of sp³-hybridized carbons (Fsp3) is 0.520. The highest BCUT2D eigenvalue weighted by Gasteiger charge is 2.55. The smallest absolute Gasteiger partial charge is 0.226 e. The first kappa shape index (κ1) is 20.2. The second-order valence-corrected chi connectivity index (χ2v) is 10.4. The number of fused-ring (bicyclic) bond motifs is 1. The van der Waals surface area contributed by atoms with E-state index in [4.69, 9.17) is 5.10 Å². The van der Waals surface area contributed by atoms with Crippen molar-refractivity contribution in [2.24, 2.45) is 5.41 Å². The molecule has 162 valence electrons. The minimum atomic E-state index is 0.135. The fourth-order valence-corrected chi connectivity index (χ4v) is 5.12. The molecule has 3 aromatic rings. The lowest BCUT2D eigenvalue weighted by Crippen LogP contribution is -2.33. The highest BCUT2D eigenvalue weighted by molar-refractivity contribution is 5.78. The number of rotatable bonds is 3. The Morgan fingerprint density at radius 3 is 2.68 bits per heavy atom. The molecule has 6 nitrogen and oxygen atoms in total. The van der Waals surface area contributed by atoms with Crippen LogP contribution in [0.25, 0.3) is 5.65 Å². The third-order valence-electron chi connectivity index (χ3n) is 7.24. The summed E-state index contributed by atoms with van der Waals surface area (Å²) in [5, 5.41) is 12.7. The Morgan fingerprint density at radius 2 is 1.90 bits per heavy atom. The second kappa shape index (κ2) is 7.43. The summed E-state index contributed by atoms with van der Waals surface area (Å²) in [5.74, 6) is 0.737. The van der Waals surface area contributed by atoms with Gasteiger partial charge in [-0.15, -0.1) is 10.2 Å². The predicted octanol–water partition coefficient (Wildman–Crippen LogP) is 4.15. The van der Waals surface area contributed by atoms with E-state index in [0.29, 0.717) is 17.8 Å². The third-order valence-corrected chi connectivity index (χ3v) is 7.24. The molecule has 31 heavy (non-hydrogen) atoms. The second-order valence-electron chi connectivity index (χ2n) is 10.4. The Bertz CT molecular complexity index is 1100. The Labute approximate surface area is 183 Å². The molecule has 1 spiro atoms. The molecule has 2 aromatic heterocycles. The standard InChI is InChI=1S/C25H31N5O/c1-24(2,3)19-7-5-18(6-8-19)15-23(31)29-13-4-11-25(12-14-29)16-20(25)21-9-10-22-27-26-17-30(22)28-21/h5-10,17,20H,4,11-16H2,1-3H3. The maximum atomic E-state index is 13.0. The van der Waals surface area contributed by atoms with Crippen molar-refractivity contribution >= 4 is 11.6 Å².